The van der Waals surface area contributed by atoms with Gasteiger partial charge >= 0.3 is 5.97 Å². The maximum atomic E-state index is 10.9. The summed E-state index contributed by atoms with van der Waals surface area (Å²) in [5.74, 6) is -0.260. The summed E-state index contributed by atoms with van der Waals surface area (Å²) >= 11 is 10.3. The molecule has 6 heteroatoms. The van der Waals surface area contributed by atoms with Crippen LogP contribution in [-0.2, 0) is 4.79 Å². The van der Waals surface area contributed by atoms with Gasteiger partial charge in [0.15, 0.2) is 0 Å². The highest BCUT2D eigenvalue weighted by Crippen LogP contribution is 2.37. The van der Waals surface area contributed by atoms with E-state index >= 15 is 0 Å². The zero-order chi connectivity index (χ0) is 15.3. The largest absolute Gasteiger partial charge is 0.484 e. The van der Waals surface area contributed by atoms with E-state index in [9.17, 15) is 4.79 Å². The van der Waals surface area contributed by atoms with Crippen molar-refractivity contribution in [1.29, 1.82) is 0 Å². The van der Waals surface area contributed by atoms with E-state index in [1.165, 1.54) is 0 Å². The zero-order valence-corrected chi connectivity index (χ0v) is 15.9. The zero-order valence-electron chi connectivity index (χ0n) is 11.1. The summed E-state index contributed by atoms with van der Waals surface area (Å²) in [5, 5.41) is 8.96. The van der Waals surface area contributed by atoms with Crippen LogP contribution in [0.25, 0.3) is 0 Å². The highest BCUT2D eigenvalue weighted by molar-refractivity contribution is 9.11. The third-order valence-corrected chi connectivity index (χ3v) is 4.21. The lowest BCUT2D eigenvalue weighted by molar-refractivity contribution is -0.132. The molecule has 0 aromatic heterocycles. The Bertz CT molecular complexity index is 503. The van der Waals surface area contributed by atoms with E-state index in [0.717, 1.165) is 26.3 Å². The maximum absolute atomic E-state index is 10.9. The number of halogens is 3. The lowest BCUT2D eigenvalue weighted by Gasteiger charge is -2.18. The highest BCUT2D eigenvalue weighted by Gasteiger charge is 2.15. The van der Waals surface area contributed by atoms with Crippen LogP contribution in [0.15, 0.2) is 37.2 Å². The van der Waals surface area contributed by atoms with Gasteiger partial charge in [0.2, 0.25) is 0 Å². The van der Waals surface area contributed by atoms with Crippen molar-refractivity contribution in [2.75, 3.05) is 0 Å². The van der Waals surface area contributed by atoms with Gasteiger partial charge < -0.3 is 9.84 Å². The molecule has 1 unspecified atom stereocenters. The second kappa shape index (κ2) is 8.20. The fourth-order valence-electron chi connectivity index (χ4n) is 1.60. The normalized spacial score (nSPS) is 13.2. The van der Waals surface area contributed by atoms with Gasteiger partial charge in [-0.05, 0) is 63.4 Å². The molecule has 20 heavy (non-hydrogen) atoms. The number of rotatable bonds is 6. The van der Waals surface area contributed by atoms with Crippen LogP contribution in [0, 0.1) is 0 Å². The molecule has 1 aromatic carbocycles. The predicted octanol–water partition coefficient (Wildman–Crippen LogP) is 5.55. The Morgan fingerprint density at radius 1 is 1.35 bits per heavy atom. The van der Waals surface area contributed by atoms with Gasteiger partial charge in [0, 0.05) is 10.0 Å². The van der Waals surface area contributed by atoms with Crippen molar-refractivity contribution in [3.8, 4) is 5.75 Å². The van der Waals surface area contributed by atoms with Gasteiger partial charge in [-0.15, -0.1) is 0 Å². The average Bonchev–Trinajstić information content (AvgIpc) is 2.33. The summed E-state index contributed by atoms with van der Waals surface area (Å²) < 4.78 is 8.48. The first-order valence-corrected chi connectivity index (χ1v) is 8.46. The molecule has 0 bridgehead atoms. The molecule has 1 rings (SSSR count). The topological polar surface area (TPSA) is 46.5 Å². The number of hydrogen-bond donors (Lipinski definition) is 1. The van der Waals surface area contributed by atoms with Crippen LogP contribution in [0.4, 0.5) is 0 Å². The summed E-state index contributed by atoms with van der Waals surface area (Å²) in [7, 11) is 0. The van der Waals surface area contributed by atoms with Gasteiger partial charge in [-0.25, -0.2) is 4.79 Å². The number of carbonyl (C=O) groups is 1. The first-order chi connectivity index (χ1) is 9.35. The molecule has 0 spiro atoms. The van der Waals surface area contributed by atoms with Gasteiger partial charge in [0.25, 0.3) is 0 Å². The SMILES string of the molecule is CCCC(C=C(C)C(=O)O)Oc1c(Br)cc(Br)cc1Br. The number of carboxylic acid groups (broad SMARTS) is 1. The van der Waals surface area contributed by atoms with Crippen LogP contribution in [0.2, 0.25) is 0 Å². The Kier molecular flexibility index (Phi) is 7.26. The van der Waals surface area contributed by atoms with E-state index < -0.39 is 5.97 Å². The lowest BCUT2D eigenvalue weighted by atomic mass is 10.1. The molecule has 3 nitrogen and oxygen atoms in total. The minimum Gasteiger partial charge on any atom is -0.484 e. The molecule has 0 fully saturated rings. The Morgan fingerprint density at radius 3 is 2.35 bits per heavy atom. The van der Waals surface area contributed by atoms with E-state index in [2.05, 4.69) is 47.8 Å². The molecule has 1 aromatic rings. The van der Waals surface area contributed by atoms with Crippen LogP contribution in [0.5, 0.6) is 5.75 Å². The molecule has 0 aliphatic rings. The van der Waals surface area contributed by atoms with Crippen LogP contribution >= 0.6 is 47.8 Å². The molecular formula is C14H15Br3O3. The number of hydrogen-bond acceptors (Lipinski definition) is 2. The van der Waals surface area contributed by atoms with Crippen molar-refractivity contribution in [3.05, 3.63) is 37.2 Å². The minimum absolute atomic E-state index is 0.273. The standard InChI is InChI=1S/C14H15Br3O3/c1-3-4-10(5-8(2)14(18)19)20-13-11(16)6-9(15)7-12(13)17/h5-7,10H,3-4H2,1-2H3,(H,18,19). The van der Waals surface area contributed by atoms with E-state index in [4.69, 9.17) is 9.84 Å². The molecule has 0 saturated carbocycles. The van der Waals surface area contributed by atoms with E-state index in [1.54, 1.807) is 13.0 Å². The van der Waals surface area contributed by atoms with Crippen LogP contribution in [-0.4, -0.2) is 17.2 Å². The average molecular weight is 471 g/mol. The first-order valence-electron chi connectivity index (χ1n) is 6.08. The molecule has 0 radical (unpaired) electrons. The Labute approximate surface area is 143 Å². The van der Waals surface area contributed by atoms with Gasteiger partial charge in [-0.1, -0.05) is 29.3 Å². The second-order valence-electron chi connectivity index (χ2n) is 4.30. The van der Waals surface area contributed by atoms with Crippen LogP contribution < -0.4 is 4.74 Å². The van der Waals surface area contributed by atoms with Crippen molar-refractivity contribution in [3.63, 3.8) is 0 Å². The summed E-state index contributed by atoms with van der Waals surface area (Å²) in [5.41, 5.74) is 0.285. The summed E-state index contributed by atoms with van der Waals surface area (Å²) in [4.78, 5) is 10.9. The number of benzene rings is 1. The van der Waals surface area contributed by atoms with Gasteiger partial charge in [-0.3, -0.25) is 0 Å². The van der Waals surface area contributed by atoms with Gasteiger partial charge in [-0.2, -0.15) is 0 Å². The molecule has 0 aliphatic carbocycles. The van der Waals surface area contributed by atoms with Crippen molar-refractivity contribution >= 4 is 53.8 Å². The fraction of sp³-hybridized carbons (Fsp3) is 0.357. The Hall–Kier alpha value is -0.330. The summed E-state index contributed by atoms with van der Waals surface area (Å²) in [6.45, 7) is 3.60. The van der Waals surface area contributed by atoms with E-state index in [0.29, 0.717) is 5.75 Å². The number of carboxylic acids is 1. The third kappa shape index (κ3) is 5.22. The van der Waals surface area contributed by atoms with E-state index in [-0.39, 0.29) is 11.7 Å². The van der Waals surface area contributed by atoms with Crippen LogP contribution in [0.1, 0.15) is 26.7 Å². The first kappa shape index (κ1) is 17.7. The Morgan fingerprint density at radius 2 is 1.90 bits per heavy atom. The smallest absolute Gasteiger partial charge is 0.331 e. The molecule has 110 valence electrons. The number of ether oxygens (including phenoxy) is 1. The molecule has 0 heterocycles. The predicted molar refractivity (Wildman–Crippen MR) is 90.3 cm³/mol. The third-order valence-electron chi connectivity index (χ3n) is 2.58. The molecule has 1 N–H and O–H groups in total. The Balaban J connectivity index is 3.02. The van der Waals surface area contributed by atoms with Gasteiger partial charge in [0.05, 0.1) is 8.95 Å². The van der Waals surface area contributed by atoms with E-state index in [1.807, 2.05) is 19.1 Å². The minimum atomic E-state index is -0.927. The maximum Gasteiger partial charge on any atom is 0.331 e. The van der Waals surface area contributed by atoms with Gasteiger partial charge in [0.1, 0.15) is 11.9 Å². The fourth-order valence-corrected chi connectivity index (χ4v) is 4.05. The van der Waals surface area contributed by atoms with Crippen molar-refractivity contribution in [1.82, 2.24) is 0 Å². The molecule has 0 saturated heterocycles. The molecule has 1 atom stereocenters. The monoisotopic (exact) mass is 468 g/mol. The second-order valence-corrected chi connectivity index (χ2v) is 6.92. The number of aliphatic carboxylic acids is 1. The molecule has 0 aliphatic heterocycles. The van der Waals surface area contributed by atoms with Crippen molar-refractivity contribution < 1.29 is 14.6 Å². The van der Waals surface area contributed by atoms with Crippen molar-refractivity contribution in [2.45, 2.75) is 32.8 Å². The quantitative estimate of drug-likeness (QED) is 0.554. The lowest BCUT2D eigenvalue weighted by Crippen LogP contribution is -2.16. The summed E-state index contributed by atoms with van der Waals surface area (Å²) in [6.07, 6.45) is 3.02. The van der Waals surface area contributed by atoms with Crippen molar-refractivity contribution in [2.24, 2.45) is 0 Å². The van der Waals surface area contributed by atoms with Crippen LogP contribution in [0.3, 0.4) is 0 Å². The molecule has 0 amide bonds. The molecular weight excluding hydrogens is 456 g/mol. The highest BCUT2D eigenvalue weighted by atomic mass is 79.9. The summed E-state index contributed by atoms with van der Waals surface area (Å²) in [6, 6.07) is 3.77.